The maximum absolute atomic E-state index is 13.8. The maximum Gasteiger partial charge on any atom is 0.272 e. The topological polar surface area (TPSA) is 71.0 Å². The van der Waals surface area contributed by atoms with Crippen LogP contribution in [0.1, 0.15) is 5.56 Å². The number of halogens is 1. The van der Waals surface area contributed by atoms with Crippen molar-refractivity contribution >= 4 is 34.2 Å². The van der Waals surface area contributed by atoms with Crippen LogP contribution in [-0.4, -0.2) is 9.91 Å². The number of aromatic nitrogens is 1. The first-order valence-corrected chi connectivity index (χ1v) is 7.31. The highest BCUT2D eigenvalue weighted by Gasteiger charge is 2.11. The molecular weight excluding hydrogens is 305 g/mol. The summed E-state index contributed by atoms with van der Waals surface area (Å²) in [6.45, 7) is 2.01. The van der Waals surface area contributed by atoms with Crippen LogP contribution in [0, 0.1) is 22.9 Å². The van der Waals surface area contributed by atoms with Gasteiger partial charge in [-0.2, -0.15) is 0 Å². The molecule has 0 unspecified atom stereocenters. The van der Waals surface area contributed by atoms with Crippen LogP contribution in [-0.2, 0) is 0 Å². The van der Waals surface area contributed by atoms with Crippen LogP contribution in [0.15, 0.2) is 47.5 Å². The van der Waals surface area contributed by atoms with Gasteiger partial charge in [0.1, 0.15) is 0 Å². The zero-order chi connectivity index (χ0) is 15.7. The normalized spacial score (nSPS) is 10.8. The molecule has 0 aliphatic carbocycles. The highest BCUT2D eigenvalue weighted by molar-refractivity contribution is 8.00. The maximum atomic E-state index is 13.8. The van der Waals surface area contributed by atoms with Crippen LogP contribution >= 0.6 is 11.9 Å². The number of rotatable bonds is 4. The quantitative estimate of drug-likeness (QED) is 0.418. The van der Waals surface area contributed by atoms with Gasteiger partial charge in [0, 0.05) is 23.2 Å². The molecule has 2 N–H and O–H groups in total. The number of H-pyrrole nitrogens is 1. The summed E-state index contributed by atoms with van der Waals surface area (Å²) < 4.78 is 16.7. The van der Waals surface area contributed by atoms with Crippen LogP contribution in [0.2, 0.25) is 0 Å². The van der Waals surface area contributed by atoms with Gasteiger partial charge in [-0.05, 0) is 36.6 Å². The van der Waals surface area contributed by atoms with Crippen LogP contribution in [0.5, 0.6) is 0 Å². The Morgan fingerprint density at radius 3 is 2.82 bits per heavy atom. The zero-order valence-electron chi connectivity index (χ0n) is 11.6. The van der Waals surface area contributed by atoms with Crippen molar-refractivity contribution in [2.24, 2.45) is 0 Å². The van der Waals surface area contributed by atoms with Gasteiger partial charge in [0.05, 0.1) is 21.6 Å². The van der Waals surface area contributed by atoms with E-state index in [4.69, 9.17) is 0 Å². The lowest BCUT2D eigenvalue weighted by Gasteiger charge is -2.05. The van der Waals surface area contributed by atoms with E-state index in [1.807, 2.05) is 31.3 Å². The number of non-ortho nitro benzene ring substituents is 1. The molecule has 5 nitrogen and oxygen atoms in total. The van der Waals surface area contributed by atoms with E-state index >= 15 is 0 Å². The molecule has 22 heavy (non-hydrogen) atoms. The number of hydrogen-bond acceptors (Lipinski definition) is 4. The first kappa shape index (κ1) is 14.4. The number of fused-ring (bicyclic) bond motifs is 1. The Labute approximate surface area is 129 Å². The molecule has 3 aromatic rings. The second kappa shape index (κ2) is 5.69. The van der Waals surface area contributed by atoms with Crippen molar-refractivity contribution in [2.75, 3.05) is 4.72 Å². The number of hydrogen-bond donors (Lipinski definition) is 2. The number of nitrogens with zero attached hydrogens (tertiary/aromatic N) is 1. The Morgan fingerprint density at radius 2 is 2.09 bits per heavy atom. The molecule has 0 radical (unpaired) electrons. The van der Waals surface area contributed by atoms with Gasteiger partial charge in [-0.3, -0.25) is 10.1 Å². The molecule has 1 aromatic heterocycles. The lowest BCUT2D eigenvalue weighted by Crippen LogP contribution is -1.93. The third-order valence-corrected chi connectivity index (χ3v) is 4.11. The van der Waals surface area contributed by atoms with E-state index in [-0.39, 0.29) is 11.4 Å². The van der Waals surface area contributed by atoms with Crippen molar-refractivity contribution in [2.45, 2.75) is 11.8 Å². The van der Waals surface area contributed by atoms with E-state index in [1.54, 1.807) is 0 Å². The molecule has 0 amide bonds. The molecule has 3 rings (SSSR count). The summed E-state index contributed by atoms with van der Waals surface area (Å²) in [5.41, 5.74) is 2.10. The van der Waals surface area contributed by atoms with Gasteiger partial charge in [0.2, 0.25) is 0 Å². The predicted molar refractivity (Wildman–Crippen MR) is 85.6 cm³/mol. The van der Waals surface area contributed by atoms with Gasteiger partial charge in [-0.1, -0.05) is 12.1 Å². The van der Waals surface area contributed by atoms with Crippen LogP contribution < -0.4 is 4.72 Å². The van der Waals surface area contributed by atoms with Gasteiger partial charge in [0.25, 0.3) is 5.69 Å². The number of nitro benzene ring substituents is 1. The van der Waals surface area contributed by atoms with Crippen LogP contribution in [0.25, 0.3) is 10.9 Å². The van der Waals surface area contributed by atoms with Crippen molar-refractivity contribution in [3.8, 4) is 0 Å². The standard InChI is InChI=1S/C15H12FN3O2S/c1-9-2-4-11-14(6-9)17-8-15(11)22-18-13-5-3-10(19(20)21)7-12(13)16/h2-8,17-18H,1H3. The highest BCUT2D eigenvalue weighted by atomic mass is 32.2. The summed E-state index contributed by atoms with van der Waals surface area (Å²) in [6, 6.07) is 9.57. The van der Waals surface area contributed by atoms with Crippen LogP contribution in [0.4, 0.5) is 15.8 Å². The fourth-order valence-corrected chi connectivity index (χ4v) is 2.90. The Balaban J connectivity index is 1.81. The first-order valence-electron chi connectivity index (χ1n) is 6.49. The Morgan fingerprint density at radius 1 is 1.27 bits per heavy atom. The smallest absolute Gasteiger partial charge is 0.272 e. The third kappa shape index (κ3) is 2.75. The summed E-state index contributed by atoms with van der Waals surface area (Å²) >= 11 is 1.25. The minimum absolute atomic E-state index is 0.206. The fourth-order valence-electron chi connectivity index (χ4n) is 2.11. The lowest BCUT2D eigenvalue weighted by atomic mass is 10.2. The van der Waals surface area contributed by atoms with E-state index < -0.39 is 10.7 Å². The molecule has 7 heteroatoms. The van der Waals surface area contributed by atoms with Crippen molar-refractivity contribution < 1.29 is 9.31 Å². The molecule has 2 aromatic carbocycles. The molecule has 0 saturated carbocycles. The van der Waals surface area contributed by atoms with E-state index in [9.17, 15) is 14.5 Å². The van der Waals surface area contributed by atoms with Crippen molar-refractivity contribution in [1.29, 1.82) is 0 Å². The van der Waals surface area contributed by atoms with Crippen LogP contribution in [0.3, 0.4) is 0 Å². The average molecular weight is 317 g/mol. The number of nitrogens with one attached hydrogen (secondary N) is 2. The number of anilines is 1. The summed E-state index contributed by atoms with van der Waals surface area (Å²) in [6.07, 6.45) is 1.84. The second-order valence-corrected chi connectivity index (χ2v) is 5.68. The lowest BCUT2D eigenvalue weighted by molar-refractivity contribution is -0.385. The van der Waals surface area contributed by atoms with Gasteiger partial charge >= 0.3 is 0 Å². The minimum atomic E-state index is -0.655. The summed E-state index contributed by atoms with van der Waals surface area (Å²) in [5.74, 6) is -0.655. The summed E-state index contributed by atoms with van der Waals surface area (Å²) in [7, 11) is 0. The van der Waals surface area contributed by atoms with E-state index in [2.05, 4.69) is 9.71 Å². The average Bonchev–Trinajstić information content (AvgIpc) is 2.88. The molecule has 112 valence electrons. The van der Waals surface area contributed by atoms with Crippen molar-refractivity contribution in [3.05, 3.63) is 64.1 Å². The molecule has 0 fully saturated rings. The van der Waals surface area contributed by atoms with Crippen molar-refractivity contribution in [1.82, 2.24) is 4.98 Å². The van der Waals surface area contributed by atoms with E-state index in [0.717, 1.165) is 27.4 Å². The molecule has 0 spiro atoms. The highest BCUT2D eigenvalue weighted by Crippen LogP contribution is 2.31. The Hall–Kier alpha value is -2.54. The van der Waals surface area contributed by atoms with E-state index in [0.29, 0.717) is 0 Å². The summed E-state index contributed by atoms with van der Waals surface area (Å²) in [5, 5.41) is 11.6. The van der Waals surface area contributed by atoms with Crippen molar-refractivity contribution in [3.63, 3.8) is 0 Å². The molecule has 0 atom stereocenters. The Bertz CT molecular complexity index is 863. The monoisotopic (exact) mass is 317 g/mol. The largest absolute Gasteiger partial charge is 0.360 e. The van der Waals surface area contributed by atoms with Gasteiger partial charge in [0.15, 0.2) is 5.82 Å². The molecule has 0 aliphatic rings. The first-order chi connectivity index (χ1) is 10.5. The Kier molecular flexibility index (Phi) is 3.72. The number of aromatic amines is 1. The third-order valence-electron chi connectivity index (χ3n) is 3.23. The molecular formula is C15H12FN3O2S. The van der Waals surface area contributed by atoms with E-state index in [1.165, 1.54) is 24.1 Å². The predicted octanol–water partition coefficient (Wildman–Crippen LogP) is 4.64. The number of aryl methyl sites for hydroxylation is 1. The number of benzene rings is 2. The minimum Gasteiger partial charge on any atom is -0.360 e. The fraction of sp³-hybridized carbons (Fsp3) is 0.0667. The second-order valence-electron chi connectivity index (χ2n) is 4.83. The molecule has 0 bridgehead atoms. The SMILES string of the molecule is Cc1ccc2c(SNc3ccc([N+](=O)[O-])cc3F)c[nH]c2c1. The molecule has 0 aliphatic heterocycles. The zero-order valence-corrected chi connectivity index (χ0v) is 12.4. The molecule has 1 heterocycles. The molecule has 0 saturated heterocycles. The summed E-state index contributed by atoms with van der Waals surface area (Å²) in [4.78, 5) is 14.1. The van der Waals surface area contributed by atoms with Gasteiger partial charge in [-0.15, -0.1) is 0 Å². The van der Waals surface area contributed by atoms with Gasteiger partial charge in [-0.25, -0.2) is 4.39 Å². The van der Waals surface area contributed by atoms with Gasteiger partial charge < -0.3 is 9.71 Å². The number of nitro groups is 1.